The molecule has 4 rings (SSSR count). The standard InChI is InChI=1S/C25H19ClN2O8/c1-33-21-12-14(3-9-19(21)35-13-17-8-10-20(36-17)24(31)34-2)11-18-22(29)27-25(32)28(23(18)30)16-6-4-15(26)5-7-16/h3-12H,13H2,1-2H3,(H,27,29,32). The Balaban J connectivity index is 1.55. The lowest BCUT2D eigenvalue weighted by atomic mass is 10.1. The van der Waals surface area contributed by atoms with Crippen LogP contribution in [0.5, 0.6) is 11.5 Å². The first kappa shape index (κ1) is 24.6. The number of carbonyl (C=O) groups excluding carboxylic acids is 4. The van der Waals surface area contributed by atoms with Gasteiger partial charge in [0.25, 0.3) is 11.8 Å². The predicted octanol–water partition coefficient (Wildman–Crippen LogP) is 3.97. The summed E-state index contributed by atoms with van der Waals surface area (Å²) in [5, 5.41) is 2.59. The average Bonchev–Trinajstić information content (AvgIpc) is 3.35. The van der Waals surface area contributed by atoms with Crippen LogP contribution in [0.15, 0.2) is 64.6 Å². The number of anilines is 1. The Morgan fingerprint density at radius 3 is 2.47 bits per heavy atom. The van der Waals surface area contributed by atoms with E-state index in [1.54, 1.807) is 24.3 Å². The number of carbonyl (C=O) groups is 4. The highest BCUT2D eigenvalue weighted by Gasteiger charge is 2.36. The minimum absolute atomic E-state index is 0.00679. The number of ether oxygens (including phenoxy) is 3. The minimum atomic E-state index is -0.862. The third-order valence-electron chi connectivity index (χ3n) is 5.10. The van der Waals surface area contributed by atoms with Crippen LogP contribution >= 0.6 is 11.6 Å². The van der Waals surface area contributed by atoms with E-state index in [2.05, 4.69) is 10.1 Å². The van der Waals surface area contributed by atoms with Gasteiger partial charge in [0.1, 0.15) is 17.9 Å². The van der Waals surface area contributed by atoms with Gasteiger partial charge < -0.3 is 18.6 Å². The van der Waals surface area contributed by atoms with Crippen LogP contribution in [0.3, 0.4) is 0 Å². The number of urea groups is 1. The van der Waals surface area contributed by atoms with Crippen LogP contribution in [-0.2, 0) is 20.9 Å². The molecule has 11 heteroatoms. The Bertz CT molecular complexity index is 1380. The number of nitrogens with zero attached hydrogens (tertiary/aromatic N) is 1. The van der Waals surface area contributed by atoms with Crippen molar-refractivity contribution < 1.29 is 37.8 Å². The normalized spacial score (nSPS) is 14.6. The quantitative estimate of drug-likeness (QED) is 0.287. The van der Waals surface area contributed by atoms with Gasteiger partial charge in [-0.2, -0.15) is 0 Å². The van der Waals surface area contributed by atoms with E-state index in [4.69, 9.17) is 25.5 Å². The molecule has 1 saturated heterocycles. The van der Waals surface area contributed by atoms with Gasteiger partial charge in [0.2, 0.25) is 5.76 Å². The van der Waals surface area contributed by atoms with Crippen molar-refractivity contribution in [2.24, 2.45) is 0 Å². The van der Waals surface area contributed by atoms with Crippen molar-refractivity contribution in [1.82, 2.24) is 5.32 Å². The molecule has 1 fully saturated rings. The van der Waals surface area contributed by atoms with Crippen LogP contribution in [0.2, 0.25) is 5.02 Å². The fourth-order valence-corrected chi connectivity index (χ4v) is 3.48. The van der Waals surface area contributed by atoms with Crippen LogP contribution < -0.4 is 19.7 Å². The zero-order valence-electron chi connectivity index (χ0n) is 19.1. The molecule has 0 aliphatic carbocycles. The summed E-state index contributed by atoms with van der Waals surface area (Å²) in [7, 11) is 2.68. The van der Waals surface area contributed by atoms with E-state index in [-0.39, 0.29) is 23.6 Å². The van der Waals surface area contributed by atoms with Crippen LogP contribution in [0.4, 0.5) is 10.5 Å². The largest absolute Gasteiger partial charge is 0.493 e. The number of imide groups is 2. The van der Waals surface area contributed by atoms with E-state index in [9.17, 15) is 19.2 Å². The number of barbiturate groups is 1. The number of methoxy groups -OCH3 is 2. The van der Waals surface area contributed by atoms with Crippen molar-refractivity contribution in [3.63, 3.8) is 0 Å². The number of nitrogens with one attached hydrogen (secondary N) is 1. The van der Waals surface area contributed by atoms with Gasteiger partial charge in [0.15, 0.2) is 11.5 Å². The number of benzene rings is 2. The molecule has 10 nitrogen and oxygen atoms in total. The summed E-state index contributed by atoms with van der Waals surface area (Å²) in [5.74, 6) is -1.11. The topological polar surface area (TPSA) is 124 Å². The molecule has 4 amide bonds. The molecular weight excluding hydrogens is 492 g/mol. The summed E-state index contributed by atoms with van der Waals surface area (Å²) >= 11 is 5.89. The van der Waals surface area contributed by atoms with Gasteiger partial charge in [-0.25, -0.2) is 14.5 Å². The first-order chi connectivity index (χ1) is 17.3. The van der Waals surface area contributed by atoms with Gasteiger partial charge in [-0.05, 0) is 60.2 Å². The maximum atomic E-state index is 13.0. The van der Waals surface area contributed by atoms with Gasteiger partial charge in [0.05, 0.1) is 19.9 Å². The monoisotopic (exact) mass is 510 g/mol. The van der Waals surface area contributed by atoms with Crippen LogP contribution in [0, 0.1) is 0 Å². The van der Waals surface area contributed by atoms with Crippen molar-refractivity contribution in [3.8, 4) is 11.5 Å². The third-order valence-corrected chi connectivity index (χ3v) is 5.36. The maximum Gasteiger partial charge on any atom is 0.373 e. The molecule has 184 valence electrons. The Morgan fingerprint density at radius 1 is 1.03 bits per heavy atom. The molecule has 1 aliphatic heterocycles. The van der Waals surface area contributed by atoms with Crippen molar-refractivity contribution in [2.75, 3.05) is 19.1 Å². The Labute approximate surface area is 210 Å². The minimum Gasteiger partial charge on any atom is -0.493 e. The molecule has 1 N–H and O–H groups in total. The predicted molar refractivity (Wildman–Crippen MR) is 128 cm³/mol. The van der Waals surface area contributed by atoms with E-state index in [0.29, 0.717) is 27.8 Å². The zero-order valence-corrected chi connectivity index (χ0v) is 19.8. The van der Waals surface area contributed by atoms with Crippen molar-refractivity contribution in [1.29, 1.82) is 0 Å². The summed E-state index contributed by atoms with van der Waals surface area (Å²) in [5.41, 5.74) is 0.468. The average molecular weight is 511 g/mol. The molecule has 0 unspecified atom stereocenters. The van der Waals surface area contributed by atoms with Crippen LogP contribution in [-0.4, -0.2) is 38.0 Å². The second-order valence-electron chi connectivity index (χ2n) is 7.39. The summed E-state index contributed by atoms with van der Waals surface area (Å²) in [6.45, 7) is 0.00679. The van der Waals surface area contributed by atoms with E-state index in [1.807, 2.05) is 0 Å². The smallest absolute Gasteiger partial charge is 0.373 e. The van der Waals surface area contributed by atoms with Gasteiger partial charge in [-0.15, -0.1) is 0 Å². The SMILES string of the molecule is COC(=O)c1ccc(COc2ccc(C=C3C(=O)NC(=O)N(c4ccc(Cl)cc4)C3=O)cc2OC)o1. The molecule has 1 aliphatic rings. The molecule has 0 bridgehead atoms. The number of esters is 1. The molecule has 0 saturated carbocycles. The summed E-state index contributed by atoms with van der Waals surface area (Å²) in [4.78, 5) is 50.2. The second-order valence-corrected chi connectivity index (χ2v) is 7.83. The molecule has 36 heavy (non-hydrogen) atoms. The molecule has 2 heterocycles. The van der Waals surface area contributed by atoms with E-state index >= 15 is 0 Å². The maximum absolute atomic E-state index is 13.0. The summed E-state index contributed by atoms with van der Waals surface area (Å²) in [6.07, 6.45) is 1.34. The van der Waals surface area contributed by atoms with Crippen molar-refractivity contribution in [3.05, 3.63) is 82.3 Å². The first-order valence-corrected chi connectivity index (χ1v) is 10.8. The number of amides is 4. The van der Waals surface area contributed by atoms with Gasteiger partial charge in [0, 0.05) is 5.02 Å². The fourth-order valence-electron chi connectivity index (χ4n) is 3.36. The fraction of sp³-hybridized carbons (Fsp3) is 0.120. The third kappa shape index (κ3) is 5.08. The summed E-state index contributed by atoms with van der Waals surface area (Å²) in [6, 6.07) is 13.0. The van der Waals surface area contributed by atoms with Crippen molar-refractivity contribution in [2.45, 2.75) is 6.61 Å². The van der Waals surface area contributed by atoms with E-state index in [1.165, 1.54) is 50.6 Å². The highest BCUT2D eigenvalue weighted by molar-refractivity contribution is 6.39. The Hall–Kier alpha value is -4.57. The lowest BCUT2D eigenvalue weighted by molar-refractivity contribution is -0.122. The molecule has 3 aromatic rings. The zero-order chi connectivity index (χ0) is 25.8. The van der Waals surface area contributed by atoms with Gasteiger partial charge in [-0.1, -0.05) is 17.7 Å². The van der Waals surface area contributed by atoms with Gasteiger partial charge in [-0.3, -0.25) is 14.9 Å². The van der Waals surface area contributed by atoms with E-state index in [0.717, 1.165) is 4.90 Å². The second kappa shape index (κ2) is 10.4. The van der Waals surface area contributed by atoms with Crippen molar-refractivity contribution >= 4 is 47.2 Å². The highest BCUT2D eigenvalue weighted by atomic mass is 35.5. The van der Waals surface area contributed by atoms with Gasteiger partial charge >= 0.3 is 12.0 Å². The molecular formula is C25H19ClN2O8. The molecule has 0 spiro atoms. The summed E-state index contributed by atoms with van der Waals surface area (Å²) < 4.78 is 21.1. The van der Waals surface area contributed by atoms with Crippen LogP contribution in [0.1, 0.15) is 21.9 Å². The molecule has 0 radical (unpaired) electrons. The Morgan fingerprint density at radius 2 is 1.78 bits per heavy atom. The lowest BCUT2D eigenvalue weighted by Crippen LogP contribution is -2.54. The number of halogens is 1. The number of hydrogen-bond donors (Lipinski definition) is 1. The van der Waals surface area contributed by atoms with Crippen LogP contribution in [0.25, 0.3) is 6.08 Å². The number of hydrogen-bond acceptors (Lipinski definition) is 8. The number of furan rings is 1. The highest BCUT2D eigenvalue weighted by Crippen LogP contribution is 2.31. The lowest BCUT2D eigenvalue weighted by Gasteiger charge is -2.26. The molecule has 0 atom stereocenters. The first-order valence-electron chi connectivity index (χ1n) is 10.5. The van der Waals surface area contributed by atoms with E-state index < -0.39 is 23.8 Å². The Kier molecular flexibility index (Phi) is 7.07. The molecule has 2 aromatic carbocycles. The molecule has 1 aromatic heterocycles. The number of rotatable bonds is 7.